The smallest absolute Gasteiger partial charge is 0.365 e. The number of carbonyl (C=O) groups is 1. The SMILES string of the molecule is Cc1csc(CNCc2csc(C(=O)O)n2)n1. The monoisotopic (exact) mass is 269 g/mol. The zero-order valence-electron chi connectivity index (χ0n) is 9.14. The average molecular weight is 269 g/mol. The number of carboxylic acids is 1. The number of rotatable bonds is 5. The molecule has 0 atom stereocenters. The van der Waals surface area contributed by atoms with Crippen molar-refractivity contribution in [2.75, 3.05) is 0 Å². The number of nitrogens with one attached hydrogen (secondary N) is 1. The van der Waals surface area contributed by atoms with E-state index in [-0.39, 0.29) is 5.01 Å². The van der Waals surface area contributed by atoms with Crippen LogP contribution in [0.2, 0.25) is 0 Å². The second-order valence-electron chi connectivity index (χ2n) is 3.44. The Morgan fingerprint density at radius 2 is 2.18 bits per heavy atom. The molecule has 0 spiro atoms. The van der Waals surface area contributed by atoms with Crippen LogP contribution in [0.25, 0.3) is 0 Å². The van der Waals surface area contributed by atoms with E-state index in [2.05, 4.69) is 15.3 Å². The van der Waals surface area contributed by atoms with Crippen molar-refractivity contribution in [2.45, 2.75) is 20.0 Å². The van der Waals surface area contributed by atoms with Crippen molar-refractivity contribution in [3.8, 4) is 0 Å². The van der Waals surface area contributed by atoms with Gasteiger partial charge >= 0.3 is 5.97 Å². The summed E-state index contributed by atoms with van der Waals surface area (Å²) in [5.74, 6) is -0.975. The maximum absolute atomic E-state index is 10.6. The summed E-state index contributed by atoms with van der Waals surface area (Å²) in [7, 11) is 0. The summed E-state index contributed by atoms with van der Waals surface area (Å²) in [5, 5.41) is 16.8. The van der Waals surface area contributed by atoms with Crippen LogP contribution in [0.5, 0.6) is 0 Å². The molecule has 7 heteroatoms. The third-order valence-corrected chi connectivity index (χ3v) is 3.83. The van der Waals surface area contributed by atoms with Gasteiger partial charge in [-0.25, -0.2) is 14.8 Å². The van der Waals surface area contributed by atoms with E-state index in [9.17, 15) is 4.79 Å². The summed E-state index contributed by atoms with van der Waals surface area (Å²) < 4.78 is 0. The normalized spacial score (nSPS) is 10.6. The van der Waals surface area contributed by atoms with Crippen molar-refractivity contribution in [1.29, 1.82) is 0 Å². The van der Waals surface area contributed by atoms with Gasteiger partial charge in [0.25, 0.3) is 0 Å². The lowest BCUT2D eigenvalue weighted by Crippen LogP contribution is -2.13. The first-order chi connectivity index (χ1) is 8.15. The third-order valence-electron chi connectivity index (χ3n) is 1.98. The van der Waals surface area contributed by atoms with Crippen molar-refractivity contribution < 1.29 is 9.90 Å². The van der Waals surface area contributed by atoms with Crippen LogP contribution < -0.4 is 5.32 Å². The van der Waals surface area contributed by atoms with Gasteiger partial charge in [0.2, 0.25) is 5.01 Å². The molecule has 2 N–H and O–H groups in total. The van der Waals surface area contributed by atoms with Crippen LogP contribution >= 0.6 is 22.7 Å². The number of thiazole rings is 2. The van der Waals surface area contributed by atoms with E-state index in [1.165, 1.54) is 0 Å². The lowest BCUT2D eigenvalue weighted by Gasteiger charge is -1.98. The van der Waals surface area contributed by atoms with Crippen LogP contribution in [-0.2, 0) is 13.1 Å². The van der Waals surface area contributed by atoms with Gasteiger partial charge in [0.05, 0.1) is 5.69 Å². The van der Waals surface area contributed by atoms with Crippen LogP contribution in [0.4, 0.5) is 0 Å². The topological polar surface area (TPSA) is 75.1 Å². The molecule has 0 amide bonds. The Morgan fingerprint density at radius 1 is 1.35 bits per heavy atom. The number of hydrogen-bond acceptors (Lipinski definition) is 6. The highest BCUT2D eigenvalue weighted by atomic mass is 32.1. The van der Waals surface area contributed by atoms with Gasteiger partial charge in [0.1, 0.15) is 5.01 Å². The number of aryl methyl sites for hydroxylation is 1. The quantitative estimate of drug-likeness (QED) is 0.867. The molecule has 0 aliphatic heterocycles. The van der Waals surface area contributed by atoms with Crippen LogP contribution in [0.15, 0.2) is 10.8 Å². The summed E-state index contributed by atoms with van der Waals surface area (Å²) in [5.41, 5.74) is 1.77. The Labute approximate surface area is 106 Å². The molecule has 0 saturated heterocycles. The van der Waals surface area contributed by atoms with Gasteiger partial charge in [-0.1, -0.05) is 0 Å². The summed E-state index contributed by atoms with van der Waals surface area (Å²) >= 11 is 2.75. The lowest BCUT2D eigenvalue weighted by molar-refractivity contribution is 0.0696. The highest BCUT2D eigenvalue weighted by Gasteiger charge is 2.08. The van der Waals surface area contributed by atoms with E-state index in [1.54, 1.807) is 16.7 Å². The van der Waals surface area contributed by atoms with Gasteiger partial charge in [0, 0.05) is 29.5 Å². The standard InChI is InChI=1S/C10H11N3O2S2/c1-6-4-16-8(12-6)3-11-2-7-5-17-9(13-7)10(14)15/h4-5,11H,2-3H2,1H3,(H,14,15). The first-order valence-corrected chi connectivity index (χ1v) is 6.70. The minimum Gasteiger partial charge on any atom is -0.476 e. The second kappa shape index (κ2) is 5.35. The Kier molecular flexibility index (Phi) is 3.82. The Hall–Kier alpha value is -1.31. The molecule has 0 aliphatic carbocycles. The molecule has 2 heterocycles. The number of hydrogen-bond donors (Lipinski definition) is 2. The van der Waals surface area contributed by atoms with E-state index in [0.29, 0.717) is 13.1 Å². The lowest BCUT2D eigenvalue weighted by atomic mass is 10.4. The largest absolute Gasteiger partial charge is 0.476 e. The first-order valence-electron chi connectivity index (χ1n) is 4.94. The maximum Gasteiger partial charge on any atom is 0.365 e. The molecule has 0 fully saturated rings. The first kappa shape index (κ1) is 12.2. The molecule has 0 aromatic carbocycles. The van der Waals surface area contributed by atoms with Crippen LogP contribution in [0, 0.1) is 6.92 Å². The zero-order valence-corrected chi connectivity index (χ0v) is 10.8. The van der Waals surface area contributed by atoms with Gasteiger partial charge < -0.3 is 10.4 Å². The summed E-state index contributed by atoms with van der Waals surface area (Å²) in [6.45, 7) is 3.19. The Bertz CT molecular complexity index is 521. The van der Waals surface area contributed by atoms with Gasteiger partial charge in [0.15, 0.2) is 0 Å². The third kappa shape index (κ3) is 3.32. The van der Waals surface area contributed by atoms with E-state index in [1.807, 2.05) is 12.3 Å². The molecule has 0 radical (unpaired) electrons. The minimum atomic E-state index is -0.975. The zero-order chi connectivity index (χ0) is 12.3. The van der Waals surface area contributed by atoms with Crippen molar-refractivity contribution in [1.82, 2.24) is 15.3 Å². The number of nitrogens with zero attached hydrogens (tertiary/aromatic N) is 2. The molecule has 0 bridgehead atoms. The van der Waals surface area contributed by atoms with Gasteiger partial charge in [-0.15, -0.1) is 22.7 Å². The van der Waals surface area contributed by atoms with E-state index in [0.717, 1.165) is 27.7 Å². The van der Waals surface area contributed by atoms with E-state index in [4.69, 9.17) is 5.11 Å². The van der Waals surface area contributed by atoms with Crippen LogP contribution in [0.1, 0.15) is 26.2 Å². The molecule has 0 saturated carbocycles. The van der Waals surface area contributed by atoms with E-state index < -0.39 is 5.97 Å². The summed E-state index contributed by atoms with van der Waals surface area (Å²) in [6.07, 6.45) is 0. The molecular formula is C10H11N3O2S2. The fourth-order valence-electron chi connectivity index (χ4n) is 1.27. The predicted molar refractivity (Wildman–Crippen MR) is 66.5 cm³/mol. The van der Waals surface area contributed by atoms with Gasteiger partial charge in [-0.2, -0.15) is 0 Å². The Morgan fingerprint density at radius 3 is 2.76 bits per heavy atom. The minimum absolute atomic E-state index is 0.131. The molecular weight excluding hydrogens is 258 g/mol. The second-order valence-corrected chi connectivity index (χ2v) is 5.24. The summed E-state index contributed by atoms with van der Waals surface area (Å²) in [4.78, 5) is 18.9. The van der Waals surface area contributed by atoms with Crippen LogP contribution in [0.3, 0.4) is 0 Å². The molecule has 17 heavy (non-hydrogen) atoms. The van der Waals surface area contributed by atoms with Crippen molar-refractivity contribution in [3.63, 3.8) is 0 Å². The molecule has 5 nitrogen and oxygen atoms in total. The molecule has 2 aromatic heterocycles. The highest BCUT2D eigenvalue weighted by molar-refractivity contribution is 7.11. The molecule has 90 valence electrons. The molecule has 0 unspecified atom stereocenters. The summed E-state index contributed by atoms with van der Waals surface area (Å²) in [6, 6.07) is 0. The van der Waals surface area contributed by atoms with Crippen molar-refractivity contribution >= 4 is 28.6 Å². The molecule has 2 aromatic rings. The van der Waals surface area contributed by atoms with Gasteiger partial charge in [-0.05, 0) is 6.92 Å². The highest BCUT2D eigenvalue weighted by Crippen LogP contribution is 2.11. The van der Waals surface area contributed by atoms with Gasteiger partial charge in [-0.3, -0.25) is 0 Å². The fourth-order valence-corrected chi connectivity index (χ4v) is 2.66. The number of aromatic nitrogens is 2. The predicted octanol–water partition coefficient (Wildman–Crippen LogP) is 1.90. The molecule has 0 aliphatic rings. The fraction of sp³-hybridized carbons (Fsp3) is 0.300. The maximum atomic E-state index is 10.6. The number of carboxylic acid groups (broad SMARTS) is 1. The Balaban J connectivity index is 1.83. The van der Waals surface area contributed by atoms with Crippen molar-refractivity contribution in [2.24, 2.45) is 0 Å². The van der Waals surface area contributed by atoms with Crippen LogP contribution in [-0.4, -0.2) is 21.0 Å². The van der Waals surface area contributed by atoms with E-state index >= 15 is 0 Å². The average Bonchev–Trinajstić information content (AvgIpc) is 2.88. The number of aromatic carboxylic acids is 1. The van der Waals surface area contributed by atoms with Crippen molar-refractivity contribution in [3.05, 3.63) is 32.2 Å². The molecule has 2 rings (SSSR count).